The minimum absolute atomic E-state index is 0.561. The quantitative estimate of drug-likeness (QED) is 0.507. The summed E-state index contributed by atoms with van der Waals surface area (Å²) in [7, 11) is 1.96. The maximum absolute atomic E-state index is 12.4. The predicted octanol–water partition coefficient (Wildman–Crippen LogP) is 2.08. The van der Waals surface area contributed by atoms with E-state index in [0.717, 1.165) is 19.4 Å². The fraction of sp³-hybridized carbons (Fsp3) is 1.00. The van der Waals surface area contributed by atoms with Gasteiger partial charge in [0.15, 0.2) is 0 Å². The molecule has 0 unspecified atom stereocenters. The van der Waals surface area contributed by atoms with Crippen LogP contribution in [-0.4, -0.2) is 31.2 Å². The number of likely N-dealkylation sites (tertiary alicyclic amines) is 1. The Morgan fingerprint density at radius 1 is 1.40 bits per heavy atom. The standard InChI is InChI=1S/C6H12FN.C2H6/c1-8-4-2-3-6(7)5-8;1-2/h6H,2-5H2,1H3;1-2H3/t6-;/m1./s1. The van der Waals surface area contributed by atoms with E-state index >= 15 is 0 Å². The SMILES string of the molecule is CC.CN1CCC[C@@H](F)C1. The highest BCUT2D eigenvalue weighted by molar-refractivity contribution is 4.68. The van der Waals surface area contributed by atoms with Gasteiger partial charge < -0.3 is 4.90 Å². The van der Waals surface area contributed by atoms with Gasteiger partial charge in [-0.15, -0.1) is 0 Å². The predicted molar refractivity (Wildman–Crippen MR) is 43.0 cm³/mol. The van der Waals surface area contributed by atoms with Crippen LogP contribution in [0.15, 0.2) is 0 Å². The second-order valence-corrected chi connectivity index (χ2v) is 2.50. The fourth-order valence-electron chi connectivity index (χ4n) is 1.10. The second-order valence-electron chi connectivity index (χ2n) is 2.50. The lowest BCUT2D eigenvalue weighted by atomic mass is 10.1. The Labute approximate surface area is 63.2 Å². The van der Waals surface area contributed by atoms with Gasteiger partial charge in [-0.25, -0.2) is 4.39 Å². The third kappa shape index (κ3) is 3.83. The minimum Gasteiger partial charge on any atom is -0.303 e. The molecule has 0 N–H and O–H groups in total. The Kier molecular flexibility index (Phi) is 5.60. The fourth-order valence-corrected chi connectivity index (χ4v) is 1.10. The number of hydrogen-bond donors (Lipinski definition) is 0. The average Bonchev–Trinajstić information content (AvgIpc) is 1.91. The van der Waals surface area contributed by atoms with Crippen molar-refractivity contribution in [2.75, 3.05) is 20.1 Å². The van der Waals surface area contributed by atoms with Crippen LogP contribution in [0.4, 0.5) is 4.39 Å². The smallest absolute Gasteiger partial charge is 0.113 e. The highest BCUT2D eigenvalue weighted by Gasteiger charge is 2.14. The number of alkyl halides is 1. The first-order valence-electron chi connectivity index (χ1n) is 4.11. The van der Waals surface area contributed by atoms with Gasteiger partial charge in [-0.2, -0.15) is 0 Å². The molecule has 0 amide bonds. The molecule has 1 heterocycles. The molecule has 2 heteroatoms. The summed E-state index contributed by atoms with van der Waals surface area (Å²) < 4.78 is 12.4. The molecule has 0 spiro atoms. The Bertz CT molecular complexity index is 67.7. The third-order valence-electron chi connectivity index (χ3n) is 1.57. The van der Waals surface area contributed by atoms with Gasteiger partial charge in [0, 0.05) is 6.54 Å². The monoisotopic (exact) mass is 147 g/mol. The maximum atomic E-state index is 12.4. The van der Waals surface area contributed by atoms with Crippen molar-refractivity contribution in [1.82, 2.24) is 4.90 Å². The van der Waals surface area contributed by atoms with Crippen molar-refractivity contribution in [1.29, 1.82) is 0 Å². The zero-order valence-electron chi connectivity index (χ0n) is 7.23. The van der Waals surface area contributed by atoms with E-state index in [1.807, 2.05) is 25.8 Å². The van der Waals surface area contributed by atoms with E-state index in [1.54, 1.807) is 0 Å². The molecular weight excluding hydrogens is 129 g/mol. The lowest BCUT2D eigenvalue weighted by Gasteiger charge is -2.24. The Hall–Kier alpha value is -0.110. The number of nitrogens with zero attached hydrogens (tertiary/aromatic N) is 1. The molecule has 1 aliphatic heterocycles. The zero-order chi connectivity index (χ0) is 7.98. The lowest BCUT2D eigenvalue weighted by molar-refractivity contribution is 0.163. The minimum atomic E-state index is -0.561. The Morgan fingerprint density at radius 3 is 2.30 bits per heavy atom. The van der Waals surface area contributed by atoms with E-state index < -0.39 is 6.17 Å². The van der Waals surface area contributed by atoms with Crippen molar-refractivity contribution in [2.24, 2.45) is 0 Å². The first kappa shape index (κ1) is 9.89. The summed E-state index contributed by atoms with van der Waals surface area (Å²) in [5.74, 6) is 0. The molecule has 62 valence electrons. The molecule has 0 aliphatic carbocycles. The summed E-state index contributed by atoms with van der Waals surface area (Å²) in [6.45, 7) is 5.71. The van der Waals surface area contributed by atoms with E-state index in [9.17, 15) is 4.39 Å². The number of hydrogen-bond acceptors (Lipinski definition) is 1. The zero-order valence-corrected chi connectivity index (χ0v) is 7.23. The molecule has 0 bridgehead atoms. The topological polar surface area (TPSA) is 3.24 Å². The number of halogens is 1. The molecule has 1 atom stereocenters. The van der Waals surface area contributed by atoms with E-state index in [0.29, 0.717) is 6.54 Å². The van der Waals surface area contributed by atoms with Gasteiger partial charge in [-0.3, -0.25) is 0 Å². The average molecular weight is 147 g/mol. The van der Waals surface area contributed by atoms with E-state index in [1.165, 1.54) is 0 Å². The largest absolute Gasteiger partial charge is 0.303 e. The normalized spacial score (nSPS) is 27.0. The van der Waals surface area contributed by atoms with E-state index in [2.05, 4.69) is 0 Å². The molecule has 1 aliphatic rings. The molecular formula is C8H18FN. The van der Waals surface area contributed by atoms with Crippen molar-refractivity contribution in [2.45, 2.75) is 32.9 Å². The summed E-state index contributed by atoms with van der Waals surface area (Å²) in [6.07, 6.45) is 1.23. The van der Waals surface area contributed by atoms with Crippen molar-refractivity contribution in [3.8, 4) is 0 Å². The van der Waals surface area contributed by atoms with Crippen LogP contribution >= 0.6 is 0 Å². The van der Waals surface area contributed by atoms with Gasteiger partial charge >= 0.3 is 0 Å². The molecule has 1 rings (SSSR count). The summed E-state index contributed by atoms with van der Waals surface area (Å²) in [5.41, 5.74) is 0. The summed E-state index contributed by atoms with van der Waals surface area (Å²) in [5, 5.41) is 0. The molecule has 0 radical (unpaired) electrons. The molecule has 0 aromatic heterocycles. The van der Waals surface area contributed by atoms with E-state index in [-0.39, 0.29) is 0 Å². The van der Waals surface area contributed by atoms with Crippen LogP contribution in [0.1, 0.15) is 26.7 Å². The first-order valence-corrected chi connectivity index (χ1v) is 4.11. The molecule has 10 heavy (non-hydrogen) atoms. The van der Waals surface area contributed by atoms with Crippen molar-refractivity contribution < 1.29 is 4.39 Å². The maximum Gasteiger partial charge on any atom is 0.113 e. The summed E-state index contributed by atoms with van der Waals surface area (Å²) in [4.78, 5) is 2.04. The van der Waals surface area contributed by atoms with Crippen LogP contribution in [0.5, 0.6) is 0 Å². The van der Waals surface area contributed by atoms with Crippen LogP contribution in [-0.2, 0) is 0 Å². The highest BCUT2D eigenvalue weighted by Crippen LogP contribution is 2.09. The molecule has 0 saturated carbocycles. The van der Waals surface area contributed by atoms with Gasteiger partial charge in [0.1, 0.15) is 6.17 Å². The van der Waals surface area contributed by atoms with Crippen molar-refractivity contribution in [3.05, 3.63) is 0 Å². The molecule has 1 fully saturated rings. The highest BCUT2D eigenvalue weighted by atomic mass is 19.1. The molecule has 1 nitrogen and oxygen atoms in total. The number of piperidine rings is 1. The van der Waals surface area contributed by atoms with Crippen LogP contribution in [0.3, 0.4) is 0 Å². The van der Waals surface area contributed by atoms with E-state index in [4.69, 9.17) is 0 Å². The Balaban J connectivity index is 0.000000371. The van der Waals surface area contributed by atoms with Crippen LogP contribution in [0.2, 0.25) is 0 Å². The summed E-state index contributed by atoms with van der Waals surface area (Å²) in [6, 6.07) is 0. The molecule has 0 aromatic carbocycles. The van der Waals surface area contributed by atoms with Crippen molar-refractivity contribution >= 4 is 0 Å². The Morgan fingerprint density at radius 2 is 2.00 bits per heavy atom. The molecule has 1 saturated heterocycles. The van der Waals surface area contributed by atoms with Gasteiger partial charge in [0.05, 0.1) is 0 Å². The van der Waals surface area contributed by atoms with Crippen LogP contribution < -0.4 is 0 Å². The van der Waals surface area contributed by atoms with Gasteiger partial charge in [-0.1, -0.05) is 13.8 Å². The van der Waals surface area contributed by atoms with Crippen molar-refractivity contribution in [3.63, 3.8) is 0 Å². The first-order chi connectivity index (χ1) is 4.79. The number of rotatable bonds is 0. The van der Waals surface area contributed by atoms with Crippen LogP contribution in [0.25, 0.3) is 0 Å². The summed E-state index contributed by atoms with van der Waals surface area (Å²) >= 11 is 0. The second kappa shape index (κ2) is 5.66. The third-order valence-corrected chi connectivity index (χ3v) is 1.57. The van der Waals surface area contributed by atoms with Gasteiger partial charge in [-0.05, 0) is 26.4 Å². The lowest BCUT2D eigenvalue weighted by Crippen LogP contribution is -2.32. The van der Waals surface area contributed by atoms with Gasteiger partial charge in [0.2, 0.25) is 0 Å². The van der Waals surface area contributed by atoms with Crippen LogP contribution in [0, 0.1) is 0 Å². The molecule has 0 aromatic rings. The van der Waals surface area contributed by atoms with Gasteiger partial charge in [0.25, 0.3) is 0 Å².